The van der Waals surface area contributed by atoms with Gasteiger partial charge >= 0.3 is 0 Å². The predicted octanol–water partition coefficient (Wildman–Crippen LogP) is 2.67. The molecule has 0 aliphatic rings. The van der Waals surface area contributed by atoms with Gasteiger partial charge in [0.15, 0.2) is 11.5 Å². The molecular weight excluding hydrogens is 338 g/mol. The predicted molar refractivity (Wildman–Crippen MR) is 98.6 cm³/mol. The third-order valence-electron chi connectivity index (χ3n) is 3.86. The van der Waals surface area contributed by atoms with Crippen LogP contribution in [0, 0.1) is 0 Å². The third-order valence-corrected chi connectivity index (χ3v) is 4.84. The van der Waals surface area contributed by atoms with E-state index >= 15 is 0 Å². The Hall–Kier alpha value is -2.41. The number of unbranched alkanes of at least 4 members (excludes halogenated alkanes) is 3. The van der Waals surface area contributed by atoms with Crippen LogP contribution >= 0.6 is 11.3 Å². The van der Waals surface area contributed by atoms with Crippen molar-refractivity contribution in [3.05, 3.63) is 45.0 Å². The van der Waals surface area contributed by atoms with Gasteiger partial charge < -0.3 is 9.47 Å². The summed E-state index contributed by atoms with van der Waals surface area (Å²) in [4.78, 5) is 16.9. The first kappa shape index (κ1) is 17.4. The zero-order chi connectivity index (χ0) is 17.6. The fourth-order valence-corrected chi connectivity index (χ4v) is 3.41. The molecule has 3 aromatic rings. The van der Waals surface area contributed by atoms with E-state index in [4.69, 9.17) is 9.47 Å². The van der Waals surface area contributed by atoms with Gasteiger partial charge in [-0.15, -0.1) is 0 Å². The fraction of sp³-hybridized carbons (Fsp3) is 0.389. The van der Waals surface area contributed by atoms with Crippen LogP contribution in [0.5, 0.6) is 11.5 Å². The van der Waals surface area contributed by atoms with Crippen molar-refractivity contribution in [1.29, 1.82) is 0 Å². The van der Waals surface area contributed by atoms with Crippen LogP contribution in [-0.4, -0.2) is 28.3 Å². The van der Waals surface area contributed by atoms with E-state index in [1.54, 1.807) is 7.11 Å². The van der Waals surface area contributed by atoms with Crippen molar-refractivity contribution < 1.29 is 9.47 Å². The molecule has 1 aromatic carbocycles. The molecule has 0 aliphatic heterocycles. The molecule has 0 N–H and O–H groups in total. The van der Waals surface area contributed by atoms with Crippen molar-refractivity contribution in [2.75, 3.05) is 13.7 Å². The van der Waals surface area contributed by atoms with E-state index in [-0.39, 0.29) is 5.56 Å². The van der Waals surface area contributed by atoms with Crippen molar-refractivity contribution in [1.82, 2.24) is 14.6 Å². The molecule has 0 unspecified atom stereocenters. The number of fused-ring (bicyclic) bond motifs is 1. The first-order chi connectivity index (χ1) is 12.2. The zero-order valence-electron chi connectivity index (χ0n) is 14.4. The van der Waals surface area contributed by atoms with Gasteiger partial charge in [-0.1, -0.05) is 43.6 Å². The highest BCUT2D eigenvalue weighted by Gasteiger charge is 2.08. The van der Waals surface area contributed by atoms with Crippen LogP contribution in [0.25, 0.3) is 11.0 Å². The van der Waals surface area contributed by atoms with E-state index < -0.39 is 0 Å². The van der Waals surface area contributed by atoms with Crippen molar-refractivity contribution in [2.45, 2.75) is 32.6 Å². The van der Waals surface area contributed by atoms with Crippen LogP contribution in [0.2, 0.25) is 0 Å². The summed E-state index contributed by atoms with van der Waals surface area (Å²) >= 11 is 1.31. The lowest BCUT2D eigenvalue weighted by Crippen LogP contribution is -2.23. The molecule has 6 nitrogen and oxygen atoms in total. The number of methoxy groups -OCH3 is 1. The molecule has 0 bridgehead atoms. The van der Waals surface area contributed by atoms with Gasteiger partial charge in [0, 0.05) is 0 Å². The lowest BCUT2D eigenvalue weighted by atomic mass is 10.2. The van der Waals surface area contributed by atoms with Gasteiger partial charge in [0.1, 0.15) is 6.33 Å². The Morgan fingerprint density at radius 3 is 2.88 bits per heavy atom. The smallest absolute Gasteiger partial charge is 0.291 e. The molecule has 0 saturated carbocycles. The molecule has 2 aromatic heterocycles. The highest BCUT2D eigenvalue weighted by molar-refractivity contribution is 7.15. The number of hydrogen-bond acceptors (Lipinski definition) is 6. The Kier molecular flexibility index (Phi) is 5.65. The minimum atomic E-state index is -0.160. The Morgan fingerprint density at radius 1 is 1.24 bits per heavy atom. The Labute approximate surface area is 149 Å². The highest BCUT2D eigenvalue weighted by atomic mass is 32.1. The second kappa shape index (κ2) is 8.11. The maximum atomic E-state index is 12.2. The lowest BCUT2D eigenvalue weighted by Gasteiger charge is -2.11. The number of ether oxygens (including phenoxy) is 2. The summed E-state index contributed by atoms with van der Waals surface area (Å²) in [5.74, 6) is 1.39. The molecular formula is C18H21N3O3S. The monoisotopic (exact) mass is 359 g/mol. The van der Waals surface area contributed by atoms with E-state index in [1.165, 1.54) is 41.4 Å². The topological polar surface area (TPSA) is 65.7 Å². The van der Waals surface area contributed by atoms with Crippen LogP contribution in [0.15, 0.2) is 29.3 Å². The molecule has 0 aliphatic carbocycles. The second-order valence-electron chi connectivity index (χ2n) is 5.69. The number of thiazole rings is 1. The quantitative estimate of drug-likeness (QED) is 0.579. The maximum absolute atomic E-state index is 12.2. The first-order valence-corrected chi connectivity index (χ1v) is 9.19. The summed E-state index contributed by atoms with van der Waals surface area (Å²) < 4.78 is 13.1. The average molecular weight is 359 g/mol. The maximum Gasteiger partial charge on any atom is 0.291 e. The molecule has 25 heavy (non-hydrogen) atoms. The van der Waals surface area contributed by atoms with E-state index in [1.807, 2.05) is 24.3 Å². The number of aromatic nitrogens is 3. The molecule has 7 heteroatoms. The molecule has 0 radical (unpaired) electrons. The molecule has 0 spiro atoms. The summed E-state index contributed by atoms with van der Waals surface area (Å²) in [6, 6.07) is 5.67. The molecule has 0 saturated heterocycles. The van der Waals surface area contributed by atoms with Crippen molar-refractivity contribution in [3.8, 4) is 11.5 Å². The van der Waals surface area contributed by atoms with Gasteiger partial charge in [-0.05, 0) is 30.2 Å². The van der Waals surface area contributed by atoms with E-state index in [0.717, 1.165) is 17.7 Å². The van der Waals surface area contributed by atoms with Crippen molar-refractivity contribution >= 4 is 22.4 Å². The molecule has 2 heterocycles. The number of rotatable bonds is 8. The van der Waals surface area contributed by atoms with Crippen LogP contribution in [0.4, 0.5) is 0 Å². The lowest BCUT2D eigenvalue weighted by molar-refractivity contribution is 0.285. The minimum Gasteiger partial charge on any atom is -0.493 e. The van der Waals surface area contributed by atoms with Gasteiger partial charge in [0.05, 0.1) is 18.2 Å². The third kappa shape index (κ3) is 3.99. The Bertz CT molecular complexity index is 948. The average Bonchev–Trinajstić information content (AvgIpc) is 3.19. The van der Waals surface area contributed by atoms with E-state index in [9.17, 15) is 4.79 Å². The zero-order valence-corrected chi connectivity index (χ0v) is 15.2. The first-order valence-electron chi connectivity index (χ1n) is 8.38. The summed E-state index contributed by atoms with van der Waals surface area (Å²) in [6.45, 7) is 2.87. The number of hydrogen-bond donors (Lipinski definition) is 0. The van der Waals surface area contributed by atoms with Gasteiger partial charge in [-0.3, -0.25) is 4.79 Å². The van der Waals surface area contributed by atoms with E-state index in [2.05, 4.69) is 17.0 Å². The van der Waals surface area contributed by atoms with Crippen molar-refractivity contribution in [3.63, 3.8) is 0 Å². The van der Waals surface area contributed by atoms with Crippen LogP contribution in [0.3, 0.4) is 0 Å². The van der Waals surface area contributed by atoms with Gasteiger partial charge in [-0.2, -0.15) is 9.61 Å². The number of benzene rings is 1. The highest BCUT2D eigenvalue weighted by Crippen LogP contribution is 2.28. The van der Waals surface area contributed by atoms with Gasteiger partial charge in [0.2, 0.25) is 4.96 Å². The molecule has 132 valence electrons. The van der Waals surface area contributed by atoms with Gasteiger partial charge in [-0.25, -0.2) is 4.98 Å². The van der Waals surface area contributed by atoms with E-state index in [0.29, 0.717) is 21.8 Å². The summed E-state index contributed by atoms with van der Waals surface area (Å²) in [5, 5.41) is 3.92. The fourth-order valence-electron chi connectivity index (χ4n) is 2.53. The summed E-state index contributed by atoms with van der Waals surface area (Å²) in [5.41, 5.74) is 0.713. The standard InChI is InChI=1S/C18H21N3O3S/c1-3-4-5-6-9-24-14-8-7-13(10-15(14)23-2)11-16-17(22)21-18(25-16)19-12-20-21/h7-8,10-12H,3-6,9H2,1-2H3/b16-11-. The Balaban J connectivity index is 1.79. The minimum absolute atomic E-state index is 0.160. The molecule has 0 amide bonds. The van der Waals surface area contributed by atoms with Crippen LogP contribution in [0.1, 0.15) is 38.2 Å². The summed E-state index contributed by atoms with van der Waals surface area (Å²) in [7, 11) is 1.62. The molecule has 0 fully saturated rings. The largest absolute Gasteiger partial charge is 0.493 e. The second-order valence-corrected chi connectivity index (χ2v) is 6.70. The molecule has 0 atom stereocenters. The normalized spacial score (nSPS) is 12.0. The van der Waals surface area contributed by atoms with Crippen molar-refractivity contribution in [2.24, 2.45) is 0 Å². The molecule has 3 rings (SSSR count). The Morgan fingerprint density at radius 2 is 2.12 bits per heavy atom. The van der Waals surface area contributed by atoms with Gasteiger partial charge in [0.25, 0.3) is 5.56 Å². The SMILES string of the molecule is CCCCCCOc1ccc(/C=c2\sc3ncnn3c2=O)cc1OC. The summed E-state index contributed by atoms with van der Waals surface area (Å²) in [6.07, 6.45) is 7.84. The number of nitrogens with zero attached hydrogens (tertiary/aromatic N) is 3. The van der Waals surface area contributed by atoms with Crippen LogP contribution in [-0.2, 0) is 0 Å². The van der Waals surface area contributed by atoms with Crippen LogP contribution < -0.4 is 19.6 Å².